The first-order chi connectivity index (χ1) is 15.3. The second-order valence-corrected chi connectivity index (χ2v) is 8.36. The monoisotopic (exact) mass is 455 g/mol. The molecule has 0 fully saturated rings. The van der Waals surface area contributed by atoms with E-state index in [0.29, 0.717) is 36.2 Å². The number of para-hydroxylation sites is 1. The van der Waals surface area contributed by atoms with Crippen molar-refractivity contribution < 1.29 is 13.9 Å². The number of rotatable bonds is 10. The minimum absolute atomic E-state index is 0.170. The number of aromatic nitrogens is 4. The minimum atomic E-state index is -0.170. The number of carbonyl (C=O) groups excluding carboxylic acids is 1. The average Bonchev–Trinajstić information content (AvgIpc) is 3.56. The van der Waals surface area contributed by atoms with Crippen LogP contribution in [-0.4, -0.2) is 45.9 Å². The Bertz CT molecular complexity index is 1110. The molecule has 0 radical (unpaired) electrons. The van der Waals surface area contributed by atoms with E-state index in [1.165, 1.54) is 23.1 Å². The Balaban J connectivity index is 1.47. The number of benzene rings is 1. The minimum Gasteiger partial charge on any atom is -0.461 e. The molecule has 8 nitrogen and oxygen atoms in total. The Labute approximate surface area is 187 Å². The summed E-state index contributed by atoms with van der Waals surface area (Å²) < 4.78 is 12.5. The highest BCUT2D eigenvalue weighted by Crippen LogP contribution is 2.30. The Morgan fingerprint density at radius 3 is 2.87 bits per heavy atom. The number of thioether (sulfide) groups is 1. The number of hydrogen-bond donors (Lipinski definition) is 1. The molecule has 0 aliphatic heterocycles. The van der Waals surface area contributed by atoms with Gasteiger partial charge >= 0.3 is 0 Å². The third-order valence-electron chi connectivity index (χ3n) is 4.31. The molecule has 1 N–H and O–H groups in total. The van der Waals surface area contributed by atoms with Crippen LogP contribution in [0.1, 0.15) is 21.9 Å². The van der Waals surface area contributed by atoms with Crippen molar-refractivity contribution in [2.75, 3.05) is 20.3 Å². The van der Waals surface area contributed by atoms with Gasteiger partial charge in [-0.3, -0.25) is 9.36 Å². The van der Waals surface area contributed by atoms with E-state index < -0.39 is 0 Å². The van der Waals surface area contributed by atoms with Crippen molar-refractivity contribution in [3.05, 3.63) is 64.8 Å². The second kappa shape index (κ2) is 10.4. The summed E-state index contributed by atoms with van der Waals surface area (Å²) in [6.07, 6.45) is 2.38. The van der Waals surface area contributed by atoms with Gasteiger partial charge in [-0.15, -0.1) is 21.5 Å². The van der Waals surface area contributed by atoms with Crippen LogP contribution in [0.3, 0.4) is 0 Å². The number of hydrogen-bond acceptors (Lipinski definition) is 8. The maximum absolute atomic E-state index is 12.2. The van der Waals surface area contributed by atoms with E-state index in [1.807, 2.05) is 47.0 Å². The van der Waals surface area contributed by atoms with Gasteiger partial charge in [0.05, 0.1) is 12.0 Å². The van der Waals surface area contributed by atoms with Crippen LogP contribution in [0.25, 0.3) is 17.3 Å². The summed E-state index contributed by atoms with van der Waals surface area (Å²) in [5.74, 6) is 1.68. The molecule has 0 saturated carbocycles. The highest BCUT2D eigenvalue weighted by Gasteiger charge is 2.19. The Morgan fingerprint density at radius 1 is 1.23 bits per heavy atom. The van der Waals surface area contributed by atoms with Crippen LogP contribution in [0, 0.1) is 0 Å². The van der Waals surface area contributed by atoms with Crippen molar-refractivity contribution in [3.8, 4) is 17.3 Å². The third-order valence-corrected chi connectivity index (χ3v) is 6.28. The van der Waals surface area contributed by atoms with Crippen LogP contribution in [0.2, 0.25) is 0 Å². The van der Waals surface area contributed by atoms with Crippen LogP contribution >= 0.6 is 23.1 Å². The maximum Gasteiger partial charge on any atom is 0.270 e. The summed E-state index contributed by atoms with van der Waals surface area (Å²) in [6.45, 7) is 1.17. The van der Waals surface area contributed by atoms with E-state index in [9.17, 15) is 4.79 Å². The quantitative estimate of drug-likeness (QED) is 0.285. The van der Waals surface area contributed by atoms with Gasteiger partial charge in [-0.1, -0.05) is 30.0 Å². The van der Waals surface area contributed by atoms with Crippen LogP contribution in [0.4, 0.5) is 0 Å². The number of nitrogens with one attached hydrogen (secondary N) is 1. The summed E-state index contributed by atoms with van der Waals surface area (Å²) >= 11 is 2.96. The molecule has 0 atom stereocenters. The summed E-state index contributed by atoms with van der Waals surface area (Å²) in [5.41, 5.74) is 1.37. The van der Waals surface area contributed by atoms with Crippen LogP contribution in [0.15, 0.2) is 63.7 Å². The predicted octanol–water partition coefficient (Wildman–Crippen LogP) is 4.04. The molecule has 31 heavy (non-hydrogen) atoms. The van der Waals surface area contributed by atoms with Gasteiger partial charge in [-0.05, 0) is 30.7 Å². The SMILES string of the molecule is COCCCNC(=O)c1csc(CSc2nnc(-c3ccco3)n2-c2ccccc2)n1. The standard InChI is InChI=1S/C21H21N5O3S2/c1-28-11-6-10-22-20(27)16-13-30-18(23-16)14-31-21-25-24-19(17-9-5-12-29-17)26(21)15-7-3-2-4-8-15/h2-5,7-9,12-13H,6,10-11,14H2,1H3,(H,22,27). The van der Waals surface area contributed by atoms with Crippen molar-refractivity contribution in [3.63, 3.8) is 0 Å². The summed E-state index contributed by atoms with van der Waals surface area (Å²) in [5, 5.41) is 14.9. The van der Waals surface area contributed by atoms with Gasteiger partial charge in [0, 0.05) is 31.3 Å². The smallest absolute Gasteiger partial charge is 0.270 e. The van der Waals surface area contributed by atoms with Crippen molar-refractivity contribution in [2.24, 2.45) is 0 Å². The lowest BCUT2D eigenvalue weighted by atomic mass is 10.3. The number of ether oxygens (including phenoxy) is 1. The zero-order valence-corrected chi connectivity index (χ0v) is 18.5. The number of furan rings is 1. The molecule has 3 aromatic heterocycles. The molecule has 1 aromatic carbocycles. The maximum atomic E-state index is 12.2. The first kappa shape index (κ1) is 21.3. The third kappa shape index (κ3) is 5.22. The highest BCUT2D eigenvalue weighted by atomic mass is 32.2. The number of nitrogens with zero attached hydrogens (tertiary/aromatic N) is 4. The van der Waals surface area contributed by atoms with E-state index in [4.69, 9.17) is 9.15 Å². The van der Waals surface area contributed by atoms with E-state index in [-0.39, 0.29) is 5.91 Å². The molecule has 160 valence electrons. The van der Waals surface area contributed by atoms with Gasteiger partial charge in [0.25, 0.3) is 5.91 Å². The summed E-state index contributed by atoms with van der Waals surface area (Å²) in [6, 6.07) is 13.6. The first-order valence-corrected chi connectivity index (χ1v) is 11.5. The number of amides is 1. The number of carbonyl (C=O) groups is 1. The average molecular weight is 456 g/mol. The van der Waals surface area contributed by atoms with E-state index in [0.717, 1.165) is 22.3 Å². The van der Waals surface area contributed by atoms with Gasteiger partial charge in [0.1, 0.15) is 10.7 Å². The lowest BCUT2D eigenvalue weighted by Gasteiger charge is -2.08. The first-order valence-electron chi connectivity index (χ1n) is 9.65. The Morgan fingerprint density at radius 2 is 2.10 bits per heavy atom. The molecule has 0 aliphatic rings. The summed E-state index contributed by atoms with van der Waals surface area (Å²) in [7, 11) is 1.64. The Kier molecular flexibility index (Phi) is 7.13. The molecule has 10 heteroatoms. The number of methoxy groups -OCH3 is 1. The molecule has 4 rings (SSSR count). The molecule has 0 unspecified atom stereocenters. The second-order valence-electron chi connectivity index (χ2n) is 6.47. The zero-order chi connectivity index (χ0) is 21.5. The highest BCUT2D eigenvalue weighted by molar-refractivity contribution is 7.98. The molecule has 3 heterocycles. The number of thiazole rings is 1. The van der Waals surface area contributed by atoms with Crippen LogP contribution in [0.5, 0.6) is 0 Å². The molecular formula is C21H21N5O3S2. The largest absolute Gasteiger partial charge is 0.461 e. The normalized spacial score (nSPS) is 11.0. The fourth-order valence-electron chi connectivity index (χ4n) is 2.86. The fourth-order valence-corrected chi connectivity index (χ4v) is 4.60. The molecule has 1 amide bonds. The molecule has 0 bridgehead atoms. The lowest BCUT2D eigenvalue weighted by molar-refractivity contribution is 0.0944. The van der Waals surface area contributed by atoms with Gasteiger partial charge in [0.15, 0.2) is 10.9 Å². The van der Waals surface area contributed by atoms with E-state index in [1.54, 1.807) is 18.8 Å². The van der Waals surface area contributed by atoms with Crippen LogP contribution < -0.4 is 5.32 Å². The van der Waals surface area contributed by atoms with Crippen molar-refractivity contribution in [1.82, 2.24) is 25.1 Å². The van der Waals surface area contributed by atoms with Gasteiger partial charge in [-0.2, -0.15) is 0 Å². The topological polar surface area (TPSA) is 95.1 Å². The predicted molar refractivity (Wildman–Crippen MR) is 120 cm³/mol. The summed E-state index contributed by atoms with van der Waals surface area (Å²) in [4.78, 5) is 16.7. The van der Waals surface area contributed by atoms with E-state index in [2.05, 4.69) is 20.5 Å². The lowest BCUT2D eigenvalue weighted by Crippen LogP contribution is -2.25. The fraction of sp³-hybridized carbons (Fsp3) is 0.238. The van der Waals surface area contributed by atoms with Crippen LogP contribution in [-0.2, 0) is 10.5 Å². The molecule has 0 saturated heterocycles. The van der Waals surface area contributed by atoms with Gasteiger partial charge < -0.3 is 14.5 Å². The zero-order valence-electron chi connectivity index (χ0n) is 16.9. The van der Waals surface area contributed by atoms with Crippen molar-refractivity contribution in [2.45, 2.75) is 17.3 Å². The van der Waals surface area contributed by atoms with Crippen molar-refractivity contribution >= 4 is 29.0 Å². The molecule has 0 spiro atoms. The van der Waals surface area contributed by atoms with Gasteiger partial charge in [0.2, 0.25) is 5.82 Å². The molecule has 4 aromatic rings. The Hall–Kier alpha value is -2.95. The van der Waals surface area contributed by atoms with E-state index >= 15 is 0 Å². The van der Waals surface area contributed by atoms with Crippen molar-refractivity contribution in [1.29, 1.82) is 0 Å². The molecule has 0 aliphatic carbocycles. The van der Waals surface area contributed by atoms with Gasteiger partial charge in [-0.25, -0.2) is 4.98 Å². The molecular weight excluding hydrogens is 434 g/mol.